The Bertz CT molecular complexity index is 1190. The number of amides is 4. The van der Waals surface area contributed by atoms with E-state index in [-0.39, 0.29) is 18.3 Å². The van der Waals surface area contributed by atoms with E-state index in [2.05, 4.69) is 16.0 Å². The van der Waals surface area contributed by atoms with E-state index in [4.69, 9.17) is 15.2 Å². The van der Waals surface area contributed by atoms with Crippen LogP contribution in [0.4, 0.5) is 4.79 Å². The molecule has 0 aliphatic carbocycles. The normalized spacial score (nSPS) is 14.1. The summed E-state index contributed by atoms with van der Waals surface area (Å²) >= 11 is 0. The number of hydrogen-bond donors (Lipinski definition) is 4. The van der Waals surface area contributed by atoms with Crippen LogP contribution < -0.4 is 26.4 Å². The highest BCUT2D eigenvalue weighted by Crippen LogP contribution is 2.17. The molecule has 0 aromatic heterocycles. The number of nitrogens with two attached hydrogens (primary N) is 1. The van der Waals surface area contributed by atoms with Crippen LogP contribution in [-0.4, -0.2) is 47.5 Å². The number of benzene rings is 2. The second-order valence-corrected chi connectivity index (χ2v) is 12.3. The van der Waals surface area contributed by atoms with Crippen LogP contribution in [-0.2, 0) is 32.1 Å². The molecule has 4 atom stereocenters. The van der Waals surface area contributed by atoms with Crippen molar-refractivity contribution in [3.05, 3.63) is 65.7 Å². The van der Waals surface area contributed by atoms with Gasteiger partial charge in [-0.2, -0.15) is 0 Å². The summed E-state index contributed by atoms with van der Waals surface area (Å²) < 4.78 is 11.3. The van der Waals surface area contributed by atoms with Gasteiger partial charge in [0.25, 0.3) is 0 Å². The second kappa shape index (κ2) is 16.5. The number of primary amides is 1. The van der Waals surface area contributed by atoms with Gasteiger partial charge in [0.1, 0.15) is 36.1 Å². The van der Waals surface area contributed by atoms with E-state index in [1.54, 1.807) is 32.9 Å². The van der Waals surface area contributed by atoms with E-state index in [0.717, 1.165) is 11.1 Å². The first kappa shape index (κ1) is 35.1. The van der Waals surface area contributed by atoms with Gasteiger partial charge in [-0.15, -0.1) is 0 Å². The van der Waals surface area contributed by atoms with Gasteiger partial charge >= 0.3 is 6.09 Å². The topological polar surface area (TPSA) is 149 Å². The van der Waals surface area contributed by atoms with Gasteiger partial charge in [0, 0.05) is 6.42 Å². The molecule has 0 saturated heterocycles. The zero-order valence-electron chi connectivity index (χ0n) is 26.4. The monoisotopic (exact) mass is 596 g/mol. The molecule has 4 unspecified atom stereocenters. The van der Waals surface area contributed by atoms with Crippen molar-refractivity contribution in [2.45, 2.75) is 98.1 Å². The summed E-state index contributed by atoms with van der Waals surface area (Å²) in [5, 5.41) is 8.17. The van der Waals surface area contributed by atoms with Gasteiger partial charge in [-0.3, -0.25) is 14.4 Å². The molecule has 2 rings (SSSR count). The molecular formula is C33H48N4O6. The van der Waals surface area contributed by atoms with Gasteiger partial charge in [-0.05, 0) is 62.3 Å². The third-order valence-electron chi connectivity index (χ3n) is 6.78. The smallest absolute Gasteiger partial charge is 0.408 e. The van der Waals surface area contributed by atoms with Crippen molar-refractivity contribution in [1.82, 2.24) is 16.0 Å². The number of alkyl carbamates (subject to hydrolysis) is 1. The molecular weight excluding hydrogens is 548 g/mol. The minimum Gasteiger partial charge on any atom is -0.489 e. The Labute approximate surface area is 255 Å². The van der Waals surface area contributed by atoms with Gasteiger partial charge in [0.15, 0.2) is 0 Å². The largest absolute Gasteiger partial charge is 0.489 e. The van der Waals surface area contributed by atoms with Gasteiger partial charge in [-0.25, -0.2) is 4.79 Å². The summed E-state index contributed by atoms with van der Waals surface area (Å²) in [7, 11) is 0. The summed E-state index contributed by atoms with van der Waals surface area (Å²) in [4.78, 5) is 51.6. The van der Waals surface area contributed by atoms with Crippen LogP contribution in [0, 0.1) is 11.8 Å². The van der Waals surface area contributed by atoms with Crippen LogP contribution in [0.5, 0.6) is 5.75 Å². The Morgan fingerprint density at radius 3 is 1.98 bits per heavy atom. The standard InChI is InChI=1S/C33H48N4O6/c1-8-22(4)28(31(40)35-26(29(34)38)18-21(2)3)37-30(39)27(36-32(41)43-33(5,6)7)19-23-14-16-25(17-15-23)42-20-24-12-10-9-11-13-24/h9-17,21-22,26-28H,8,18-20H2,1-7H3,(H2,34,38)(H,35,40)(H,36,41)(H,37,39). The van der Waals surface area contributed by atoms with E-state index >= 15 is 0 Å². The molecule has 4 amide bonds. The van der Waals surface area contributed by atoms with E-state index in [1.807, 2.05) is 70.2 Å². The quantitative estimate of drug-likeness (QED) is 0.242. The maximum absolute atomic E-state index is 13.6. The number of hydrogen-bond acceptors (Lipinski definition) is 6. The fourth-order valence-electron chi connectivity index (χ4n) is 4.29. The van der Waals surface area contributed by atoms with E-state index in [1.165, 1.54) is 0 Å². The molecule has 10 nitrogen and oxygen atoms in total. The minimum absolute atomic E-state index is 0.118. The molecule has 0 heterocycles. The SMILES string of the molecule is CCC(C)C(NC(=O)C(Cc1ccc(OCc2ccccc2)cc1)NC(=O)OC(C)(C)C)C(=O)NC(CC(C)C)C(N)=O. The Balaban J connectivity index is 2.22. The van der Waals surface area contributed by atoms with Crippen molar-refractivity contribution in [1.29, 1.82) is 0 Å². The highest BCUT2D eigenvalue weighted by molar-refractivity contribution is 5.93. The summed E-state index contributed by atoms with van der Waals surface area (Å²) in [5.74, 6) is -1.20. The lowest BCUT2D eigenvalue weighted by Gasteiger charge is -2.29. The van der Waals surface area contributed by atoms with Crippen molar-refractivity contribution in [2.24, 2.45) is 17.6 Å². The number of ether oxygens (including phenoxy) is 2. The first-order chi connectivity index (χ1) is 20.2. The molecule has 5 N–H and O–H groups in total. The van der Waals surface area contributed by atoms with Crippen molar-refractivity contribution in [3.63, 3.8) is 0 Å². The van der Waals surface area contributed by atoms with Crippen LogP contribution >= 0.6 is 0 Å². The predicted octanol–water partition coefficient (Wildman–Crippen LogP) is 4.25. The average molecular weight is 597 g/mol. The van der Waals surface area contributed by atoms with Crippen molar-refractivity contribution in [3.8, 4) is 5.75 Å². The lowest BCUT2D eigenvalue weighted by Crippen LogP contribution is -2.58. The molecule has 0 spiro atoms. The predicted molar refractivity (Wildman–Crippen MR) is 166 cm³/mol. The Morgan fingerprint density at radius 2 is 1.44 bits per heavy atom. The fraction of sp³-hybridized carbons (Fsp3) is 0.515. The number of nitrogens with one attached hydrogen (secondary N) is 3. The number of rotatable bonds is 15. The Kier molecular flexibility index (Phi) is 13.5. The van der Waals surface area contributed by atoms with Crippen molar-refractivity contribution < 1.29 is 28.7 Å². The third-order valence-corrected chi connectivity index (χ3v) is 6.78. The van der Waals surface area contributed by atoms with Crippen LogP contribution in [0.15, 0.2) is 54.6 Å². The molecule has 0 fully saturated rings. The highest BCUT2D eigenvalue weighted by Gasteiger charge is 2.33. The van der Waals surface area contributed by atoms with Crippen molar-refractivity contribution >= 4 is 23.8 Å². The summed E-state index contributed by atoms with van der Waals surface area (Å²) in [5.41, 5.74) is 6.56. The lowest BCUT2D eigenvalue weighted by molar-refractivity contribution is -0.133. The molecule has 236 valence electrons. The van der Waals surface area contributed by atoms with Gasteiger partial charge in [-0.1, -0.05) is 76.6 Å². The zero-order valence-corrected chi connectivity index (χ0v) is 26.4. The van der Waals surface area contributed by atoms with Crippen LogP contribution in [0.2, 0.25) is 0 Å². The van der Waals surface area contributed by atoms with Crippen molar-refractivity contribution in [2.75, 3.05) is 0 Å². The van der Waals surface area contributed by atoms with E-state index in [0.29, 0.717) is 25.2 Å². The maximum Gasteiger partial charge on any atom is 0.408 e. The molecule has 0 radical (unpaired) electrons. The minimum atomic E-state index is -1.05. The van der Waals surface area contributed by atoms with Gasteiger partial charge < -0.3 is 31.2 Å². The highest BCUT2D eigenvalue weighted by atomic mass is 16.6. The molecule has 43 heavy (non-hydrogen) atoms. The summed E-state index contributed by atoms with van der Waals surface area (Å²) in [6.45, 7) is 13.2. The Morgan fingerprint density at radius 1 is 0.814 bits per heavy atom. The van der Waals surface area contributed by atoms with Crippen LogP contribution in [0.1, 0.15) is 72.4 Å². The van der Waals surface area contributed by atoms with Crippen LogP contribution in [0.3, 0.4) is 0 Å². The second-order valence-electron chi connectivity index (χ2n) is 12.3. The first-order valence-electron chi connectivity index (χ1n) is 14.8. The van der Waals surface area contributed by atoms with Crippen LogP contribution in [0.25, 0.3) is 0 Å². The first-order valence-corrected chi connectivity index (χ1v) is 14.8. The van der Waals surface area contributed by atoms with Gasteiger partial charge in [0.2, 0.25) is 17.7 Å². The Hall–Kier alpha value is -4.08. The molecule has 10 heteroatoms. The zero-order chi connectivity index (χ0) is 32.2. The maximum atomic E-state index is 13.6. The number of carbonyl (C=O) groups is 4. The molecule has 2 aromatic rings. The number of carbonyl (C=O) groups excluding carboxylic acids is 4. The van der Waals surface area contributed by atoms with E-state index in [9.17, 15) is 19.2 Å². The molecule has 0 bridgehead atoms. The third kappa shape index (κ3) is 12.8. The summed E-state index contributed by atoms with van der Waals surface area (Å²) in [6, 6.07) is 14.2. The van der Waals surface area contributed by atoms with E-state index < -0.39 is 47.5 Å². The molecule has 0 aliphatic heterocycles. The summed E-state index contributed by atoms with van der Waals surface area (Å²) in [6.07, 6.45) is 0.329. The molecule has 0 saturated carbocycles. The molecule has 0 aliphatic rings. The molecule has 2 aromatic carbocycles. The fourth-order valence-corrected chi connectivity index (χ4v) is 4.29. The average Bonchev–Trinajstić information content (AvgIpc) is 2.93. The lowest BCUT2D eigenvalue weighted by atomic mass is 9.96. The van der Waals surface area contributed by atoms with Gasteiger partial charge in [0.05, 0.1) is 0 Å².